The second-order valence-corrected chi connectivity index (χ2v) is 8.81. The van der Waals surface area contributed by atoms with E-state index >= 15 is 0 Å². The summed E-state index contributed by atoms with van der Waals surface area (Å²) in [4.78, 5) is 23.1. The van der Waals surface area contributed by atoms with E-state index < -0.39 is 23.6 Å². The van der Waals surface area contributed by atoms with E-state index in [0.29, 0.717) is 5.56 Å². The van der Waals surface area contributed by atoms with Crippen LogP contribution in [0.2, 0.25) is 0 Å². The molecule has 1 N–H and O–H groups in total. The second-order valence-electron chi connectivity index (χ2n) is 8.00. The minimum atomic E-state index is -0.680. The number of nitrogens with one attached hydrogen (secondary N) is 1. The number of amides is 1. The first-order valence-corrected chi connectivity index (χ1v) is 9.90. The monoisotopic (exact) mass is 450 g/mol. The van der Waals surface area contributed by atoms with E-state index in [2.05, 4.69) is 36.1 Å². The Morgan fingerprint density at radius 2 is 2.14 bits per heavy atom. The first-order valence-electron chi connectivity index (χ1n) is 9.11. The minimum Gasteiger partial charge on any atom is -0.441 e. The fraction of sp³-hybridized carbons (Fsp3) is 0.450. The number of hydrogen-bond acceptors (Lipinski definition) is 5. The molecule has 8 heteroatoms. The van der Waals surface area contributed by atoms with Crippen molar-refractivity contribution in [3.63, 3.8) is 0 Å². The van der Waals surface area contributed by atoms with Gasteiger partial charge in [0.05, 0.1) is 6.20 Å². The van der Waals surface area contributed by atoms with Crippen LogP contribution >= 0.6 is 15.9 Å². The van der Waals surface area contributed by atoms with Gasteiger partial charge in [0.2, 0.25) is 0 Å². The predicted octanol–water partition coefficient (Wildman–Crippen LogP) is 4.57. The van der Waals surface area contributed by atoms with Crippen LogP contribution in [0.1, 0.15) is 50.3 Å². The number of rotatable bonds is 3. The van der Waals surface area contributed by atoms with Gasteiger partial charge in [-0.05, 0) is 55.3 Å². The van der Waals surface area contributed by atoms with Crippen molar-refractivity contribution in [1.29, 1.82) is 0 Å². The molecule has 2 atom stereocenters. The molecular weight excluding hydrogens is 427 g/mol. The molecule has 0 fully saturated rings. The molecule has 3 heterocycles. The number of aromatic nitrogens is 2. The largest absolute Gasteiger partial charge is 0.441 e. The zero-order chi connectivity index (χ0) is 20.5. The molecule has 0 bridgehead atoms. The van der Waals surface area contributed by atoms with Crippen molar-refractivity contribution < 1.29 is 13.9 Å². The molecule has 28 heavy (non-hydrogen) atoms. The lowest BCUT2D eigenvalue weighted by molar-refractivity contribution is 0.0724. The van der Waals surface area contributed by atoms with Crippen LogP contribution in [-0.2, 0) is 4.74 Å². The lowest BCUT2D eigenvalue weighted by Crippen LogP contribution is -2.42. The second kappa shape index (κ2) is 8.03. The number of anilines is 1. The van der Waals surface area contributed by atoms with Gasteiger partial charge in [0.25, 0.3) is 0 Å². The summed E-state index contributed by atoms with van der Waals surface area (Å²) < 4.78 is 20.4. The molecular formula is C20H24BrFN4O2. The zero-order valence-electron chi connectivity index (χ0n) is 16.4. The molecule has 3 rings (SSSR count). The summed E-state index contributed by atoms with van der Waals surface area (Å²) in [5.41, 5.74) is 1.03. The van der Waals surface area contributed by atoms with Crippen LogP contribution in [0.5, 0.6) is 0 Å². The predicted molar refractivity (Wildman–Crippen MR) is 109 cm³/mol. The van der Waals surface area contributed by atoms with Crippen LogP contribution in [0.3, 0.4) is 0 Å². The van der Waals surface area contributed by atoms with Gasteiger partial charge in [0.15, 0.2) is 0 Å². The van der Waals surface area contributed by atoms with Crippen molar-refractivity contribution in [2.24, 2.45) is 0 Å². The van der Waals surface area contributed by atoms with Crippen LogP contribution in [0.15, 0.2) is 35.2 Å². The summed E-state index contributed by atoms with van der Waals surface area (Å²) in [6.45, 7) is 6.36. The fourth-order valence-corrected chi connectivity index (χ4v) is 3.66. The molecule has 2 aromatic heterocycles. The highest BCUT2D eigenvalue weighted by molar-refractivity contribution is 9.10. The molecule has 150 valence electrons. The minimum absolute atomic E-state index is 0.166. The highest BCUT2D eigenvalue weighted by atomic mass is 79.9. The maximum absolute atomic E-state index is 13.9. The Hall–Kier alpha value is -2.22. The number of nitrogens with zero attached hydrogens (tertiary/aromatic N) is 3. The lowest BCUT2D eigenvalue weighted by Gasteiger charge is -2.36. The van der Waals surface area contributed by atoms with E-state index in [4.69, 9.17) is 4.74 Å². The van der Waals surface area contributed by atoms with Crippen molar-refractivity contribution in [2.45, 2.75) is 44.8 Å². The number of carbonyl (C=O) groups excluding carboxylic acids is 1. The van der Waals surface area contributed by atoms with Crippen LogP contribution < -0.4 is 10.2 Å². The smallest absolute Gasteiger partial charge is 0.408 e. The highest BCUT2D eigenvalue weighted by Gasteiger charge is 2.35. The molecule has 2 unspecified atom stereocenters. The quantitative estimate of drug-likeness (QED) is 0.693. The topological polar surface area (TPSA) is 67.3 Å². The zero-order valence-corrected chi connectivity index (χ0v) is 18.0. The van der Waals surface area contributed by atoms with E-state index in [1.165, 1.54) is 6.07 Å². The summed E-state index contributed by atoms with van der Waals surface area (Å²) >= 11 is 3.41. The van der Waals surface area contributed by atoms with Gasteiger partial charge in [-0.1, -0.05) is 6.07 Å². The van der Waals surface area contributed by atoms with Crippen molar-refractivity contribution in [3.05, 3.63) is 52.1 Å². The Labute approximate surface area is 172 Å². The third kappa shape index (κ3) is 4.79. The van der Waals surface area contributed by atoms with Gasteiger partial charge in [0.1, 0.15) is 22.3 Å². The van der Waals surface area contributed by atoms with Crippen LogP contribution in [0, 0.1) is 5.82 Å². The number of carbonyl (C=O) groups is 1. The Bertz CT molecular complexity index is 872. The molecule has 6 nitrogen and oxygen atoms in total. The summed E-state index contributed by atoms with van der Waals surface area (Å²) in [7, 11) is 1.97. The molecule has 1 aliphatic rings. The SMILES string of the molecule is CN1CCC(C(OC(=O)NC(C)(C)C)c2cncc(F)c2)c2ccc(Br)nc21. The van der Waals surface area contributed by atoms with Crippen LogP contribution in [0.25, 0.3) is 0 Å². The average molecular weight is 451 g/mol. The molecule has 1 aliphatic heterocycles. The van der Waals surface area contributed by atoms with Gasteiger partial charge < -0.3 is 15.0 Å². The van der Waals surface area contributed by atoms with E-state index in [-0.39, 0.29) is 5.92 Å². The fourth-order valence-electron chi connectivity index (χ4n) is 3.36. The Morgan fingerprint density at radius 3 is 2.82 bits per heavy atom. The van der Waals surface area contributed by atoms with Crippen molar-refractivity contribution in [3.8, 4) is 0 Å². The summed E-state index contributed by atoms with van der Waals surface area (Å²) in [6, 6.07) is 5.20. The van der Waals surface area contributed by atoms with Gasteiger partial charge in [-0.2, -0.15) is 0 Å². The average Bonchev–Trinajstić information content (AvgIpc) is 2.59. The molecule has 0 saturated heterocycles. The van der Waals surface area contributed by atoms with Crippen LogP contribution in [-0.4, -0.2) is 35.2 Å². The van der Waals surface area contributed by atoms with Crippen molar-refractivity contribution in [2.75, 3.05) is 18.5 Å². The maximum Gasteiger partial charge on any atom is 0.408 e. The molecule has 0 radical (unpaired) electrons. The third-order valence-electron chi connectivity index (χ3n) is 4.54. The summed E-state index contributed by atoms with van der Waals surface area (Å²) in [5, 5.41) is 2.81. The summed E-state index contributed by atoms with van der Waals surface area (Å²) in [6.07, 6.45) is 2.18. The number of hydrogen-bond donors (Lipinski definition) is 1. The molecule has 2 aromatic rings. The number of ether oxygens (including phenoxy) is 1. The standard InChI is InChI=1S/C20H24BrFN4O2/c1-20(2,3)25-19(27)28-17(12-9-13(22)11-23-10-12)14-7-8-26(4)18-15(14)5-6-16(21)24-18/h5-6,9-11,14,17H,7-8H2,1-4H3,(H,25,27). The van der Waals surface area contributed by atoms with E-state index in [1.807, 2.05) is 40.0 Å². The molecule has 0 saturated carbocycles. The Balaban J connectivity index is 2.00. The number of pyridine rings is 2. The van der Waals surface area contributed by atoms with Gasteiger partial charge in [0, 0.05) is 42.4 Å². The lowest BCUT2D eigenvalue weighted by atomic mass is 9.84. The van der Waals surface area contributed by atoms with E-state index in [0.717, 1.165) is 35.1 Å². The summed E-state index contributed by atoms with van der Waals surface area (Å²) in [5.74, 6) is 0.186. The van der Waals surface area contributed by atoms with Gasteiger partial charge in [-0.3, -0.25) is 4.98 Å². The van der Waals surface area contributed by atoms with Crippen molar-refractivity contribution >= 4 is 27.8 Å². The molecule has 1 amide bonds. The van der Waals surface area contributed by atoms with Crippen molar-refractivity contribution in [1.82, 2.24) is 15.3 Å². The maximum atomic E-state index is 13.9. The number of alkyl carbamates (subject to hydrolysis) is 1. The van der Waals surface area contributed by atoms with Gasteiger partial charge in [-0.15, -0.1) is 0 Å². The highest BCUT2D eigenvalue weighted by Crippen LogP contribution is 2.43. The first kappa shape index (κ1) is 20.5. The first-order chi connectivity index (χ1) is 13.1. The van der Waals surface area contributed by atoms with Crippen LogP contribution in [0.4, 0.5) is 15.0 Å². The Kier molecular flexibility index (Phi) is 5.88. The van der Waals surface area contributed by atoms with E-state index in [1.54, 1.807) is 6.20 Å². The molecule has 0 aromatic carbocycles. The van der Waals surface area contributed by atoms with Gasteiger partial charge in [-0.25, -0.2) is 14.2 Å². The Morgan fingerprint density at radius 1 is 1.39 bits per heavy atom. The number of fused-ring (bicyclic) bond motifs is 1. The third-order valence-corrected chi connectivity index (χ3v) is 4.98. The van der Waals surface area contributed by atoms with Gasteiger partial charge >= 0.3 is 6.09 Å². The number of halogens is 2. The normalized spacial score (nSPS) is 17.6. The molecule has 0 aliphatic carbocycles. The molecule has 0 spiro atoms. The van der Waals surface area contributed by atoms with E-state index in [9.17, 15) is 9.18 Å².